The van der Waals surface area contributed by atoms with Crippen LogP contribution >= 0.6 is 0 Å². The van der Waals surface area contributed by atoms with Crippen molar-refractivity contribution in [3.63, 3.8) is 0 Å². The highest BCUT2D eigenvalue weighted by Gasteiger charge is 2.31. The lowest BCUT2D eigenvalue weighted by atomic mass is 10.0. The van der Waals surface area contributed by atoms with E-state index in [2.05, 4.69) is 6.92 Å². The van der Waals surface area contributed by atoms with Crippen molar-refractivity contribution in [2.75, 3.05) is 23.9 Å². The van der Waals surface area contributed by atoms with Crippen molar-refractivity contribution >= 4 is 21.6 Å². The van der Waals surface area contributed by atoms with E-state index in [-0.39, 0.29) is 16.5 Å². The van der Waals surface area contributed by atoms with Crippen LogP contribution in [0.4, 0.5) is 10.1 Å². The van der Waals surface area contributed by atoms with Gasteiger partial charge in [0.2, 0.25) is 5.91 Å². The molecule has 1 atom stereocenters. The van der Waals surface area contributed by atoms with Crippen LogP contribution in [0.3, 0.4) is 0 Å². The first kappa shape index (κ1) is 19.4. The number of benzene rings is 2. The van der Waals surface area contributed by atoms with Gasteiger partial charge < -0.3 is 4.90 Å². The van der Waals surface area contributed by atoms with E-state index >= 15 is 0 Å². The number of amides is 1. The van der Waals surface area contributed by atoms with Gasteiger partial charge in [0, 0.05) is 13.1 Å². The van der Waals surface area contributed by atoms with Gasteiger partial charge in [0.1, 0.15) is 12.4 Å². The number of rotatable bonds is 5. The highest BCUT2D eigenvalue weighted by atomic mass is 32.2. The lowest BCUT2D eigenvalue weighted by Gasteiger charge is -2.33. The molecule has 7 heteroatoms. The number of nitrogens with zero attached hydrogens (tertiary/aromatic N) is 2. The van der Waals surface area contributed by atoms with Crippen molar-refractivity contribution in [3.05, 3.63) is 60.4 Å². The van der Waals surface area contributed by atoms with Gasteiger partial charge in [0.05, 0.1) is 10.6 Å². The van der Waals surface area contributed by atoms with Gasteiger partial charge in [-0.1, -0.05) is 37.3 Å². The Hall–Kier alpha value is -2.41. The van der Waals surface area contributed by atoms with Crippen LogP contribution in [0.15, 0.2) is 59.5 Å². The normalized spacial score (nSPS) is 17.6. The van der Waals surface area contributed by atoms with Crippen molar-refractivity contribution < 1.29 is 17.6 Å². The average molecular weight is 390 g/mol. The zero-order valence-electron chi connectivity index (χ0n) is 15.2. The first-order valence-electron chi connectivity index (χ1n) is 8.99. The predicted octanol–water partition coefficient (Wildman–Crippen LogP) is 3.28. The third kappa shape index (κ3) is 4.30. The summed E-state index contributed by atoms with van der Waals surface area (Å²) < 4.78 is 41.6. The fourth-order valence-corrected chi connectivity index (χ4v) is 4.76. The first-order chi connectivity index (χ1) is 12.9. The number of carbonyl (C=O) groups excluding carboxylic acids is 1. The molecule has 1 heterocycles. The second-order valence-electron chi connectivity index (χ2n) is 6.86. The fraction of sp³-hybridized carbons (Fsp3) is 0.350. The lowest BCUT2D eigenvalue weighted by Crippen LogP contribution is -2.46. The van der Waals surface area contributed by atoms with Gasteiger partial charge in [0.15, 0.2) is 0 Å². The van der Waals surface area contributed by atoms with Gasteiger partial charge >= 0.3 is 0 Å². The largest absolute Gasteiger partial charge is 0.341 e. The molecule has 1 saturated heterocycles. The first-order valence-corrected chi connectivity index (χ1v) is 10.4. The predicted molar refractivity (Wildman–Crippen MR) is 102 cm³/mol. The molecule has 0 radical (unpaired) electrons. The topological polar surface area (TPSA) is 57.7 Å². The van der Waals surface area contributed by atoms with E-state index in [9.17, 15) is 17.6 Å². The van der Waals surface area contributed by atoms with E-state index in [1.165, 1.54) is 30.3 Å². The summed E-state index contributed by atoms with van der Waals surface area (Å²) in [5.74, 6) is -0.628. The molecule has 5 nitrogen and oxygen atoms in total. The van der Waals surface area contributed by atoms with Gasteiger partial charge in [-0.15, -0.1) is 0 Å². The van der Waals surface area contributed by atoms with Crippen LogP contribution in [0.1, 0.15) is 19.8 Å². The molecular formula is C20H23FN2O3S. The minimum Gasteiger partial charge on any atom is -0.341 e. The number of hydrogen-bond acceptors (Lipinski definition) is 3. The highest BCUT2D eigenvalue weighted by molar-refractivity contribution is 7.92. The van der Waals surface area contributed by atoms with E-state index in [0.717, 1.165) is 17.1 Å². The smallest absolute Gasteiger partial charge is 0.264 e. The molecule has 0 aromatic heterocycles. The van der Waals surface area contributed by atoms with Gasteiger partial charge in [-0.25, -0.2) is 12.8 Å². The third-order valence-electron chi connectivity index (χ3n) is 4.74. The van der Waals surface area contributed by atoms with E-state index in [0.29, 0.717) is 19.0 Å². The molecule has 0 spiro atoms. The quantitative estimate of drug-likeness (QED) is 0.787. The van der Waals surface area contributed by atoms with E-state index in [1.54, 1.807) is 29.2 Å². The second kappa shape index (κ2) is 8.08. The van der Waals surface area contributed by atoms with E-state index < -0.39 is 22.4 Å². The Morgan fingerprint density at radius 3 is 2.48 bits per heavy atom. The third-order valence-corrected chi connectivity index (χ3v) is 6.51. The van der Waals surface area contributed by atoms with Gasteiger partial charge in [-0.3, -0.25) is 9.10 Å². The molecule has 144 valence electrons. The molecule has 1 amide bonds. The van der Waals surface area contributed by atoms with E-state index in [4.69, 9.17) is 0 Å². The van der Waals surface area contributed by atoms with Gasteiger partial charge in [-0.05, 0) is 43.0 Å². The zero-order chi connectivity index (χ0) is 19.4. The highest BCUT2D eigenvalue weighted by Crippen LogP contribution is 2.26. The minimum atomic E-state index is -4.08. The maximum Gasteiger partial charge on any atom is 0.264 e. The van der Waals surface area contributed by atoms with Gasteiger partial charge in [-0.2, -0.15) is 0 Å². The Labute approximate surface area is 159 Å². The molecule has 2 aromatic carbocycles. The van der Waals surface area contributed by atoms with Crippen LogP contribution in [0.25, 0.3) is 0 Å². The van der Waals surface area contributed by atoms with Crippen molar-refractivity contribution in [1.29, 1.82) is 0 Å². The number of sulfonamides is 1. The fourth-order valence-electron chi connectivity index (χ4n) is 3.31. The number of piperidine rings is 1. The van der Waals surface area contributed by atoms with Crippen LogP contribution in [-0.4, -0.2) is 38.9 Å². The SMILES string of the molecule is C[C@@H]1CCCN(C(=O)CN(c2ccccc2F)S(=O)(=O)c2ccccc2)C1. The van der Waals surface area contributed by atoms with E-state index in [1.807, 2.05) is 0 Å². The van der Waals surface area contributed by atoms with Crippen molar-refractivity contribution in [2.45, 2.75) is 24.7 Å². The maximum absolute atomic E-state index is 14.4. The second-order valence-corrected chi connectivity index (χ2v) is 8.73. The molecule has 0 aliphatic carbocycles. The standard InChI is InChI=1S/C20H23FN2O3S/c1-16-8-7-13-22(14-16)20(24)15-23(19-12-6-5-11-18(19)21)27(25,26)17-9-3-2-4-10-17/h2-6,9-12,16H,7-8,13-15H2,1H3/t16-/m1/s1. The molecule has 1 aliphatic heterocycles. The molecule has 0 N–H and O–H groups in total. The lowest BCUT2D eigenvalue weighted by molar-refractivity contribution is -0.131. The zero-order valence-corrected chi connectivity index (χ0v) is 16.0. The minimum absolute atomic E-state index is 0.0214. The Balaban J connectivity index is 1.96. The van der Waals surface area contributed by atoms with Crippen molar-refractivity contribution in [2.24, 2.45) is 5.92 Å². The van der Waals surface area contributed by atoms with Crippen LogP contribution < -0.4 is 4.31 Å². The summed E-state index contributed by atoms with van der Waals surface area (Å²) >= 11 is 0. The van der Waals surface area contributed by atoms with Crippen molar-refractivity contribution in [3.8, 4) is 0 Å². The molecular weight excluding hydrogens is 367 g/mol. The monoisotopic (exact) mass is 390 g/mol. The number of hydrogen-bond donors (Lipinski definition) is 0. The Kier molecular flexibility index (Phi) is 5.79. The Morgan fingerprint density at radius 2 is 1.81 bits per heavy atom. The van der Waals surface area contributed by atoms with Crippen LogP contribution in [0.2, 0.25) is 0 Å². The molecule has 1 aliphatic rings. The number of likely N-dealkylation sites (tertiary alicyclic amines) is 1. The molecule has 1 fully saturated rings. The summed E-state index contributed by atoms with van der Waals surface area (Å²) in [5, 5.41) is 0. The Morgan fingerprint density at radius 1 is 1.15 bits per heavy atom. The summed E-state index contributed by atoms with van der Waals surface area (Å²) in [7, 11) is -4.08. The number of halogens is 1. The number of carbonyl (C=O) groups is 1. The molecule has 0 bridgehead atoms. The number of para-hydroxylation sites is 1. The molecule has 2 aromatic rings. The molecule has 27 heavy (non-hydrogen) atoms. The van der Waals surface area contributed by atoms with Crippen LogP contribution in [-0.2, 0) is 14.8 Å². The summed E-state index contributed by atoms with van der Waals surface area (Å²) in [5.41, 5.74) is -0.125. The summed E-state index contributed by atoms with van der Waals surface area (Å²) in [4.78, 5) is 14.5. The van der Waals surface area contributed by atoms with Crippen molar-refractivity contribution in [1.82, 2.24) is 4.90 Å². The average Bonchev–Trinajstić information content (AvgIpc) is 2.67. The Bertz CT molecular complexity index is 902. The summed E-state index contributed by atoms with van der Waals surface area (Å²) in [6.07, 6.45) is 1.93. The van der Waals surface area contributed by atoms with Crippen LogP contribution in [0, 0.1) is 11.7 Å². The summed E-state index contributed by atoms with van der Waals surface area (Å²) in [6.45, 7) is 2.83. The molecule has 0 saturated carbocycles. The van der Waals surface area contributed by atoms with Gasteiger partial charge in [0.25, 0.3) is 10.0 Å². The summed E-state index contributed by atoms with van der Waals surface area (Å²) in [6, 6.07) is 13.4. The number of anilines is 1. The molecule has 3 rings (SSSR count). The molecule has 0 unspecified atom stereocenters. The maximum atomic E-state index is 14.4. The van der Waals surface area contributed by atoms with Crippen LogP contribution in [0.5, 0.6) is 0 Å².